The van der Waals surface area contributed by atoms with Crippen LogP contribution in [-0.4, -0.2) is 54.8 Å². The number of nitrogens with zero attached hydrogens (tertiary/aromatic N) is 6. The molecule has 43 heavy (non-hydrogen) atoms. The minimum absolute atomic E-state index is 0.0709. The lowest BCUT2D eigenvalue weighted by atomic mass is 9.83. The standard InChI is InChI=1S/C33H44BN6O2Si/c1-32(2,3)43(6,7)42-21-33(4)20-40(34-22-41)31-25(19-35)15-24(16-27(31)33)28-13-14-36-30(37-28)18-26-17-29(38-39(26)5)23-11-9-8-10-12-23/h13-17,22-23H,8-12,18,20-21H2,1-7H3. The molecule has 2 aromatic heterocycles. The van der Waals surface area contributed by atoms with Gasteiger partial charge < -0.3 is 14.0 Å². The average molecular weight is 596 g/mol. The van der Waals surface area contributed by atoms with E-state index in [9.17, 15) is 10.1 Å². The maximum atomic E-state index is 11.6. The molecule has 1 unspecified atom stereocenters. The van der Waals surface area contributed by atoms with Crippen molar-refractivity contribution in [2.75, 3.05) is 18.0 Å². The van der Waals surface area contributed by atoms with Crippen molar-refractivity contribution >= 4 is 27.6 Å². The summed E-state index contributed by atoms with van der Waals surface area (Å²) in [5.74, 6) is 1.26. The minimum atomic E-state index is -2.03. The second-order valence-corrected chi connectivity index (χ2v) is 18.9. The summed E-state index contributed by atoms with van der Waals surface area (Å²) >= 11 is 0. The highest BCUT2D eigenvalue weighted by Crippen LogP contribution is 2.46. The predicted octanol–water partition coefficient (Wildman–Crippen LogP) is 6.30. The lowest BCUT2D eigenvalue weighted by Gasteiger charge is -2.39. The normalized spacial score (nSPS) is 19.3. The van der Waals surface area contributed by atoms with Gasteiger partial charge in [-0.25, -0.2) is 9.97 Å². The van der Waals surface area contributed by atoms with Crippen LogP contribution in [0.1, 0.15) is 94.1 Å². The maximum absolute atomic E-state index is 11.6. The molecule has 1 fully saturated rings. The third-order valence-electron chi connectivity index (χ3n) is 9.85. The summed E-state index contributed by atoms with van der Waals surface area (Å²) in [6, 6.07) is 10.5. The molecule has 10 heteroatoms. The average Bonchev–Trinajstić information content (AvgIpc) is 3.48. The van der Waals surface area contributed by atoms with Gasteiger partial charge in [0.15, 0.2) is 8.32 Å². The van der Waals surface area contributed by atoms with Gasteiger partial charge in [0.05, 0.1) is 17.0 Å². The van der Waals surface area contributed by atoms with Crippen molar-refractivity contribution in [2.24, 2.45) is 7.05 Å². The molecular formula is C33H44BN6O2Si. The molecule has 1 saturated carbocycles. The van der Waals surface area contributed by atoms with Crippen molar-refractivity contribution in [1.82, 2.24) is 19.7 Å². The Morgan fingerprint density at radius 3 is 2.63 bits per heavy atom. The Morgan fingerprint density at radius 1 is 1.21 bits per heavy atom. The molecule has 1 aliphatic heterocycles. The van der Waals surface area contributed by atoms with E-state index in [4.69, 9.17) is 14.5 Å². The molecule has 2 aliphatic rings. The molecule has 1 aromatic carbocycles. The van der Waals surface area contributed by atoms with Gasteiger partial charge in [0.25, 0.3) is 0 Å². The summed E-state index contributed by atoms with van der Waals surface area (Å²) in [6.07, 6.45) is 9.46. The molecule has 0 N–H and O–H groups in total. The van der Waals surface area contributed by atoms with Gasteiger partial charge in [-0.2, -0.15) is 10.4 Å². The molecule has 5 rings (SSSR count). The van der Waals surface area contributed by atoms with Crippen LogP contribution in [0.3, 0.4) is 0 Å². The second-order valence-electron chi connectivity index (χ2n) is 14.1. The van der Waals surface area contributed by atoms with Crippen LogP contribution in [0.15, 0.2) is 30.5 Å². The number of carbonyl (C=O) groups is 1. The van der Waals surface area contributed by atoms with Crippen LogP contribution in [0.25, 0.3) is 11.3 Å². The van der Waals surface area contributed by atoms with E-state index in [1.165, 1.54) is 45.2 Å². The molecular weight excluding hydrogens is 551 g/mol. The van der Waals surface area contributed by atoms with E-state index < -0.39 is 13.7 Å². The van der Waals surface area contributed by atoms with Gasteiger partial charge in [-0.3, -0.25) is 4.68 Å². The highest BCUT2D eigenvalue weighted by molar-refractivity contribution is 6.74. The predicted molar refractivity (Wildman–Crippen MR) is 174 cm³/mol. The minimum Gasteiger partial charge on any atom is -0.416 e. The largest absolute Gasteiger partial charge is 0.416 e. The summed E-state index contributed by atoms with van der Waals surface area (Å²) in [7, 11) is 1.49. The first-order valence-electron chi connectivity index (χ1n) is 15.5. The zero-order valence-electron chi connectivity index (χ0n) is 26.8. The van der Waals surface area contributed by atoms with Gasteiger partial charge in [-0.1, -0.05) is 47.0 Å². The number of fused-ring (bicyclic) bond motifs is 1. The fourth-order valence-corrected chi connectivity index (χ4v) is 7.27. The van der Waals surface area contributed by atoms with E-state index in [0.29, 0.717) is 31.1 Å². The number of nitriles is 1. The quantitative estimate of drug-likeness (QED) is 0.212. The first-order valence-corrected chi connectivity index (χ1v) is 18.4. The van der Waals surface area contributed by atoms with Crippen LogP contribution in [-0.2, 0) is 28.1 Å². The number of hydrogen-bond acceptors (Lipinski definition) is 7. The molecule has 0 spiro atoms. The number of carbonyl (C=O) groups excluding carboxylic acids is 1. The lowest BCUT2D eigenvalue weighted by Crippen LogP contribution is -2.46. The third-order valence-corrected chi connectivity index (χ3v) is 14.3. The zero-order valence-corrected chi connectivity index (χ0v) is 27.8. The molecule has 0 amide bonds. The number of rotatable bonds is 9. The second kappa shape index (κ2) is 12.0. The summed E-state index contributed by atoms with van der Waals surface area (Å²) in [5.41, 5.74) is 5.79. The topological polar surface area (TPSA) is 96.9 Å². The van der Waals surface area contributed by atoms with Crippen molar-refractivity contribution < 1.29 is 9.22 Å². The molecule has 3 aromatic rings. The van der Waals surface area contributed by atoms with Gasteiger partial charge in [-0.15, -0.1) is 0 Å². The van der Waals surface area contributed by atoms with Crippen LogP contribution in [0.4, 0.5) is 5.69 Å². The highest BCUT2D eigenvalue weighted by atomic mass is 28.4. The highest BCUT2D eigenvalue weighted by Gasteiger charge is 2.44. The van der Waals surface area contributed by atoms with Gasteiger partial charge >= 0.3 is 7.41 Å². The number of benzene rings is 1. The lowest BCUT2D eigenvalue weighted by molar-refractivity contribution is 0.219. The van der Waals surface area contributed by atoms with E-state index >= 15 is 0 Å². The Bertz CT molecular complexity index is 1540. The van der Waals surface area contributed by atoms with Crippen molar-refractivity contribution in [3.8, 4) is 17.3 Å². The smallest absolute Gasteiger partial charge is 0.329 e. The van der Waals surface area contributed by atoms with E-state index in [1.807, 2.05) is 28.7 Å². The van der Waals surface area contributed by atoms with Crippen molar-refractivity contribution in [2.45, 2.75) is 95.7 Å². The van der Waals surface area contributed by atoms with Gasteiger partial charge in [0, 0.05) is 61.1 Å². The fraction of sp³-hybridized carbons (Fsp3) is 0.545. The molecule has 0 saturated heterocycles. The van der Waals surface area contributed by atoms with Gasteiger partial charge in [0.2, 0.25) is 0 Å². The molecule has 1 aliphatic carbocycles. The van der Waals surface area contributed by atoms with Crippen LogP contribution < -0.4 is 4.81 Å². The summed E-state index contributed by atoms with van der Waals surface area (Å²) < 4.78 is 8.69. The van der Waals surface area contributed by atoms with E-state index in [0.717, 1.165) is 40.2 Å². The van der Waals surface area contributed by atoms with Gasteiger partial charge in [0.1, 0.15) is 18.1 Å². The summed E-state index contributed by atoms with van der Waals surface area (Å²) in [4.78, 5) is 23.1. The monoisotopic (exact) mass is 595 g/mol. The maximum Gasteiger partial charge on any atom is 0.329 e. The number of anilines is 1. The summed E-state index contributed by atoms with van der Waals surface area (Å²) in [5, 5.41) is 15.2. The SMILES string of the molecule is Cn1nc(C2CCCCC2)cc1Cc1nccc(-c2cc(C#N)c3c(c2)C(C)(CO[Si](C)(C)C(C)(C)C)CN3[B]C=O)n1. The Hall–Kier alpha value is -3.29. The number of aryl methyl sites for hydroxylation is 1. The first kappa shape index (κ1) is 31.1. The Morgan fingerprint density at radius 2 is 1.95 bits per heavy atom. The Kier molecular flexibility index (Phi) is 8.70. The fourth-order valence-electron chi connectivity index (χ4n) is 6.16. The van der Waals surface area contributed by atoms with Crippen molar-refractivity contribution in [1.29, 1.82) is 5.26 Å². The van der Waals surface area contributed by atoms with Crippen LogP contribution >= 0.6 is 0 Å². The summed E-state index contributed by atoms with van der Waals surface area (Å²) in [6.45, 7) is 14.4. The van der Waals surface area contributed by atoms with E-state index in [-0.39, 0.29) is 5.04 Å². The van der Waals surface area contributed by atoms with E-state index in [1.54, 1.807) is 6.20 Å². The van der Waals surface area contributed by atoms with E-state index in [2.05, 4.69) is 64.0 Å². The molecule has 3 heterocycles. The Labute approximate surface area is 258 Å². The molecule has 8 nitrogen and oxygen atoms in total. The van der Waals surface area contributed by atoms with Crippen molar-refractivity contribution in [3.63, 3.8) is 0 Å². The molecule has 1 radical (unpaired) electrons. The Balaban J connectivity index is 1.47. The van der Waals surface area contributed by atoms with Crippen LogP contribution in [0.2, 0.25) is 18.1 Å². The van der Waals surface area contributed by atoms with Crippen LogP contribution in [0.5, 0.6) is 0 Å². The molecule has 1 atom stereocenters. The van der Waals surface area contributed by atoms with Crippen molar-refractivity contribution in [3.05, 3.63) is 58.8 Å². The molecule has 225 valence electrons. The van der Waals surface area contributed by atoms with Gasteiger partial charge in [-0.05, 0) is 60.8 Å². The number of aromatic nitrogens is 4. The molecule has 0 bridgehead atoms. The first-order chi connectivity index (χ1) is 20.3. The third kappa shape index (κ3) is 6.34. The van der Waals surface area contributed by atoms with Crippen LogP contribution in [0, 0.1) is 11.3 Å². The number of hydrogen-bond donors (Lipinski definition) is 0. The zero-order chi connectivity index (χ0) is 31.0.